The van der Waals surface area contributed by atoms with E-state index in [0.717, 1.165) is 11.6 Å². The molecule has 2 aromatic rings. The van der Waals surface area contributed by atoms with Crippen LogP contribution in [0, 0.1) is 5.82 Å². The maximum atomic E-state index is 13.5. The zero-order chi connectivity index (χ0) is 15.2. The summed E-state index contributed by atoms with van der Waals surface area (Å²) in [5.74, 6) is -1.56. The molecule has 0 unspecified atom stereocenters. The molecule has 0 saturated carbocycles. The molecule has 0 saturated heterocycles. The maximum Gasteiger partial charge on any atom is 0.251 e. The summed E-state index contributed by atoms with van der Waals surface area (Å²) < 4.78 is 18.7. The predicted molar refractivity (Wildman–Crippen MR) is 75.6 cm³/mol. The predicted octanol–water partition coefficient (Wildman–Crippen LogP) is 2.12. The Morgan fingerprint density at radius 2 is 1.81 bits per heavy atom. The summed E-state index contributed by atoms with van der Waals surface area (Å²) in [5.41, 5.74) is 5.68. The molecule has 5 heteroatoms. The van der Waals surface area contributed by atoms with E-state index < -0.39 is 11.7 Å². The van der Waals surface area contributed by atoms with Crippen LogP contribution in [0.2, 0.25) is 0 Å². The number of carbonyl (C=O) groups excluding carboxylic acids is 2. The van der Waals surface area contributed by atoms with E-state index in [1.807, 2.05) is 30.3 Å². The van der Waals surface area contributed by atoms with E-state index in [4.69, 9.17) is 10.5 Å². The molecule has 2 N–H and O–H groups in total. The Labute approximate surface area is 121 Å². The van der Waals surface area contributed by atoms with Crippen LogP contribution in [-0.2, 0) is 11.2 Å². The first-order chi connectivity index (χ1) is 10.1. The smallest absolute Gasteiger partial charge is 0.251 e. The summed E-state index contributed by atoms with van der Waals surface area (Å²) in [6.07, 6.45) is 0.253. The van der Waals surface area contributed by atoms with Crippen LogP contribution in [0.5, 0.6) is 5.75 Å². The topological polar surface area (TPSA) is 69.4 Å². The van der Waals surface area contributed by atoms with Gasteiger partial charge in [0.25, 0.3) is 5.91 Å². The maximum absolute atomic E-state index is 13.5. The van der Waals surface area contributed by atoms with Gasteiger partial charge in [0.05, 0.1) is 5.56 Å². The third kappa shape index (κ3) is 4.14. The minimum absolute atomic E-state index is 0.124. The molecule has 0 aliphatic heterocycles. The highest BCUT2D eigenvalue weighted by molar-refractivity contribution is 5.93. The minimum Gasteiger partial charge on any atom is -0.486 e. The Bertz CT molecular complexity index is 656. The van der Waals surface area contributed by atoms with Gasteiger partial charge in [-0.1, -0.05) is 30.3 Å². The van der Waals surface area contributed by atoms with Crippen LogP contribution in [-0.4, -0.2) is 18.3 Å². The molecule has 4 nitrogen and oxygen atoms in total. The number of amides is 1. The number of Topliss-reactive ketones (excluding diaryl/α,β-unsaturated/α-hetero) is 1. The number of carbonyl (C=O) groups is 2. The van der Waals surface area contributed by atoms with Gasteiger partial charge in [0.15, 0.2) is 5.78 Å². The van der Waals surface area contributed by atoms with Crippen molar-refractivity contribution < 1.29 is 18.7 Å². The fourth-order valence-electron chi connectivity index (χ4n) is 1.82. The van der Waals surface area contributed by atoms with E-state index in [0.29, 0.717) is 0 Å². The van der Waals surface area contributed by atoms with E-state index >= 15 is 0 Å². The average molecular weight is 287 g/mol. The van der Waals surface area contributed by atoms with Gasteiger partial charge in [-0.25, -0.2) is 4.39 Å². The Hall–Kier alpha value is -2.69. The number of primary amides is 1. The quantitative estimate of drug-likeness (QED) is 0.884. The SMILES string of the molecule is NC(=O)c1ccc(OCC(=O)Cc2ccccc2)cc1F. The van der Waals surface area contributed by atoms with Gasteiger partial charge in [-0.3, -0.25) is 9.59 Å². The molecular weight excluding hydrogens is 273 g/mol. The lowest BCUT2D eigenvalue weighted by Gasteiger charge is -2.07. The molecule has 0 radical (unpaired) electrons. The van der Waals surface area contributed by atoms with Gasteiger partial charge in [0.2, 0.25) is 0 Å². The number of hydrogen-bond acceptors (Lipinski definition) is 3. The normalized spacial score (nSPS) is 10.1. The molecule has 0 aliphatic carbocycles. The number of benzene rings is 2. The minimum atomic E-state index is -0.848. The number of halogens is 1. The van der Waals surface area contributed by atoms with Gasteiger partial charge in [0.1, 0.15) is 18.2 Å². The number of hydrogen-bond donors (Lipinski definition) is 1. The highest BCUT2D eigenvalue weighted by atomic mass is 19.1. The van der Waals surface area contributed by atoms with Gasteiger partial charge in [-0.2, -0.15) is 0 Å². The largest absolute Gasteiger partial charge is 0.486 e. The number of ketones is 1. The van der Waals surface area contributed by atoms with Crippen LogP contribution >= 0.6 is 0 Å². The Morgan fingerprint density at radius 3 is 2.43 bits per heavy atom. The van der Waals surface area contributed by atoms with Crippen molar-refractivity contribution in [1.29, 1.82) is 0 Å². The Balaban J connectivity index is 1.92. The van der Waals surface area contributed by atoms with Crippen molar-refractivity contribution in [1.82, 2.24) is 0 Å². The molecule has 0 atom stereocenters. The Kier molecular flexibility index (Phi) is 4.66. The van der Waals surface area contributed by atoms with E-state index in [1.54, 1.807) is 0 Å². The van der Waals surface area contributed by atoms with Crippen molar-refractivity contribution in [2.24, 2.45) is 5.73 Å². The summed E-state index contributed by atoms with van der Waals surface area (Å²) in [6, 6.07) is 12.9. The lowest BCUT2D eigenvalue weighted by Crippen LogP contribution is -2.15. The summed E-state index contributed by atoms with van der Waals surface area (Å²) in [5, 5.41) is 0. The molecule has 0 aliphatic rings. The van der Waals surface area contributed by atoms with Crippen molar-refractivity contribution in [2.45, 2.75) is 6.42 Å². The zero-order valence-corrected chi connectivity index (χ0v) is 11.2. The van der Waals surface area contributed by atoms with Crippen molar-refractivity contribution >= 4 is 11.7 Å². The van der Waals surface area contributed by atoms with Gasteiger partial charge in [-0.15, -0.1) is 0 Å². The second kappa shape index (κ2) is 6.65. The van der Waals surface area contributed by atoms with Gasteiger partial charge >= 0.3 is 0 Å². The molecule has 108 valence electrons. The van der Waals surface area contributed by atoms with Crippen molar-refractivity contribution in [3.63, 3.8) is 0 Å². The molecule has 0 bridgehead atoms. The number of ether oxygens (including phenoxy) is 1. The van der Waals surface area contributed by atoms with E-state index in [9.17, 15) is 14.0 Å². The van der Waals surface area contributed by atoms with Crippen LogP contribution in [0.25, 0.3) is 0 Å². The van der Waals surface area contributed by atoms with Crippen LogP contribution in [0.3, 0.4) is 0 Å². The molecule has 0 spiro atoms. The third-order valence-corrected chi connectivity index (χ3v) is 2.85. The van der Waals surface area contributed by atoms with Crippen LogP contribution in [0.4, 0.5) is 4.39 Å². The van der Waals surface area contributed by atoms with Crippen LogP contribution in [0.15, 0.2) is 48.5 Å². The molecule has 0 aromatic heterocycles. The molecule has 21 heavy (non-hydrogen) atoms. The standard InChI is InChI=1S/C16H14FNO3/c17-15-9-13(6-7-14(15)16(18)20)21-10-12(19)8-11-4-2-1-3-5-11/h1-7,9H,8,10H2,(H2,18,20). The molecule has 1 amide bonds. The van der Waals surface area contributed by atoms with Crippen molar-refractivity contribution in [3.8, 4) is 5.75 Å². The number of nitrogens with two attached hydrogens (primary N) is 1. The summed E-state index contributed by atoms with van der Waals surface area (Å²) in [4.78, 5) is 22.6. The van der Waals surface area contributed by atoms with Crippen molar-refractivity contribution in [3.05, 3.63) is 65.5 Å². The first-order valence-corrected chi connectivity index (χ1v) is 6.34. The van der Waals surface area contributed by atoms with Crippen LogP contribution in [0.1, 0.15) is 15.9 Å². The monoisotopic (exact) mass is 287 g/mol. The van der Waals surface area contributed by atoms with E-state index in [2.05, 4.69) is 0 Å². The molecule has 2 aromatic carbocycles. The zero-order valence-electron chi connectivity index (χ0n) is 11.2. The van der Waals surface area contributed by atoms with Crippen LogP contribution < -0.4 is 10.5 Å². The van der Waals surface area contributed by atoms with Crippen molar-refractivity contribution in [2.75, 3.05) is 6.61 Å². The fourth-order valence-corrected chi connectivity index (χ4v) is 1.82. The number of rotatable bonds is 6. The molecule has 0 fully saturated rings. The van der Waals surface area contributed by atoms with Gasteiger partial charge < -0.3 is 10.5 Å². The lowest BCUT2D eigenvalue weighted by atomic mass is 10.1. The summed E-state index contributed by atoms with van der Waals surface area (Å²) in [7, 11) is 0. The molecule has 2 rings (SSSR count). The highest BCUT2D eigenvalue weighted by Crippen LogP contribution is 2.16. The molecule has 0 heterocycles. The van der Waals surface area contributed by atoms with E-state index in [1.165, 1.54) is 12.1 Å². The second-order valence-corrected chi connectivity index (χ2v) is 4.50. The van der Waals surface area contributed by atoms with Gasteiger partial charge in [0, 0.05) is 12.5 Å². The first kappa shape index (κ1) is 14.7. The second-order valence-electron chi connectivity index (χ2n) is 4.50. The van der Waals surface area contributed by atoms with E-state index in [-0.39, 0.29) is 30.1 Å². The van der Waals surface area contributed by atoms with Gasteiger partial charge in [-0.05, 0) is 17.7 Å². The first-order valence-electron chi connectivity index (χ1n) is 6.34. The lowest BCUT2D eigenvalue weighted by molar-refractivity contribution is -0.120. The summed E-state index contributed by atoms with van der Waals surface area (Å²) in [6.45, 7) is -0.162. The molecular formula is C16H14FNO3. The Morgan fingerprint density at radius 1 is 1.10 bits per heavy atom. The highest BCUT2D eigenvalue weighted by Gasteiger charge is 2.10. The average Bonchev–Trinajstić information content (AvgIpc) is 2.46. The fraction of sp³-hybridized carbons (Fsp3) is 0.125. The third-order valence-electron chi connectivity index (χ3n) is 2.85. The summed E-state index contributed by atoms with van der Waals surface area (Å²) >= 11 is 0.